The van der Waals surface area contributed by atoms with Gasteiger partial charge in [-0.25, -0.2) is 4.79 Å². The van der Waals surface area contributed by atoms with E-state index in [9.17, 15) is 9.90 Å². The molecule has 1 fully saturated rings. The van der Waals surface area contributed by atoms with Crippen LogP contribution >= 0.6 is 0 Å². The minimum Gasteiger partial charge on any atom is -0.494 e. The maximum Gasteiger partial charge on any atom is 0.328 e. The number of benzene rings is 1. The molecule has 1 unspecified atom stereocenters. The first-order valence-electron chi connectivity index (χ1n) is 7.38. The number of carboxylic acid groups (broad SMARTS) is 1. The minimum absolute atomic E-state index is 0.605. The largest absolute Gasteiger partial charge is 0.494 e. The van der Waals surface area contributed by atoms with Gasteiger partial charge in [-0.3, -0.25) is 4.90 Å². The first-order chi connectivity index (χ1) is 9.98. The molecule has 1 atom stereocenters. The summed E-state index contributed by atoms with van der Waals surface area (Å²) in [6.07, 6.45) is 0. The zero-order valence-electron chi connectivity index (χ0n) is 13.0. The van der Waals surface area contributed by atoms with Crippen LogP contribution in [0.3, 0.4) is 0 Å². The summed E-state index contributed by atoms with van der Waals surface area (Å²) in [6, 6.07) is 7.40. The van der Waals surface area contributed by atoms with Crippen molar-refractivity contribution in [2.24, 2.45) is 0 Å². The number of hydrogen-bond acceptors (Lipinski definition) is 4. The van der Waals surface area contributed by atoms with Gasteiger partial charge in [0.05, 0.1) is 6.61 Å². The third-order valence-electron chi connectivity index (χ3n) is 4.28. The summed E-state index contributed by atoms with van der Waals surface area (Å²) in [5.41, 5.74) is -0.200. The highest BCUT2D eigenvalue weighted by molar-refractivity contribution is 5.80. The Morgan fingerprint density at radius 1 is 1.24 bits per heavy atom. The highest BCUT2D eigenvalue weighted by Crippen LogP contribution is 2.31. The number of likely N-dealkylation sites (N-methyl/N-ethyl adjacent to an activating group) is 1. The van der Waals surface area contributed by atoms with Crippen LogP contribution in [-0.2, 0) is 10.3 Å². The Morgan fingerprint density at radius 2 is 1.81 bits per heavy atom. The number of rotatable bonds is 5. The first kappa shape index (κ1) is 15.8. The van der Waals surface area contributed by atoms with Gasteiger partial charge in [-0.1, -0.05) is 12.1 Å². The molecule has 5 nitrogen and oxygen atoms in total. The van der Waals surface area contributed by atoms with Crippen molar-refractivity contribution < 1.29 is 14.6 Å². The van der Waals surface area contributed by atoms with Gasteiger partial charge in [0, 0.05) is 26.2 Å². The fourth-order valence-corrected chi connectivity index (χ4v) is 2.74. The normalized spacial score (nSPS) is 20.0. The molecule has 1 aliphatic heterocycles. The fraction of sp³-hybridized carbons (Fsp3) is 0.562. The smallest absolute Gasteiger partial charge is 0.328 e. The molecule has 0 spiro atoms. The average molecular weight is 292 g/mol. The van der Waals surface area contributed by atoms with E-state index in [2.05, 4.69) is 11.9 Å². The van der Waals surface area contributed by atoms with E-state index in [0.29, 0.717) is 6.61 Å². The summed E-state index contributed by atoms with van der Waals surface area (Å²) < 4.78 is 5.43. The van der Waals surface area contributed by atoms with E-state index in [1.54, 1.807) is 6.92 Å². The first-order valence-corrected chi connectivity index (χ1v) is 7.38. The van der Waals surface area contributed by atoms with E-state index in [1.165, 1.54) is 0 Å². The minimum atomic E-state index is -0.994. The molecule has 0 radical (unpaired) electrons. The Balaban J connectivity index is 2.26. The zero-order chi connectivity index (χ0) is 15.5. The summed E-state index contributed by atoms with van der Waals surface area (Å²) in [5, 5.41) is 9.79. The molecule has 0 bridgehead atoms. The molecule has 1 aromatic carbocycles. The molecule has 116 valence electrons. The van der Waals surface area contributed by atoms with Crippen LogP contribution in [0, 0.1) is 0 Å². The maximum absolute atomic E-state index is 11.9. The second kappa shape index (κ2) is 6.45. The topological polar surface area (TPSA) is 53.0 Å². The van der Waals surface area contributed by atoms with Crippen LogP contribution in [0.4, 0.5) is 0 Å². The zero-order valence-corrected chi connectivity index (χ0v) is 13.0. The van der Waals surface area contributed by atoms with Crippen LogP contribution < -0.4 is 4.74 Å². The molecule has 0 saturated carbocycles. The number of hydrogen-bond donors (Lipinski definition) is 1. The molecule has 1 aromatic rings. The van der Waals surface area contributed by atoms with Crippen LogP contribution in [0.1, 0.15) is 19.4 Å². The SMILES string of the molecule is CCOc1ccc(C(C)(C(=O)O)N2CCN(C)CC2)cc1. The number of carbonyl (C=O) groups is 1. The second-order valence-corrected chi connectivity index (χ2v) is 5.63. The second-order valence-electron chi connectivity index (χ2n) is 5.63. The van der Waals surface area contributed by atoms with Gasteiger partial charge in [0.15, 0.2) is 0 Å². The molecular weight excluding hydrogens is 268 g/mol. The molecule has 21 heavy (non-hydrogen) atoms. The lowest BCUT2D eigenvalue weighted by Gasteiger charge is -2.42. The monoisotopic (exact) mass is 292 g/mol. The summed E-state index contributed by atoms with van der Waals surface area (Å²) in [5.74, 6) is -0.0384. The van der Waals surface area contributed by atoms with Crippen LogP contribution in [0.15, 0.2) is 24.3 Å². The number of nitrogens with zero attached hydrogens (tertiary/aromatic N) is 2. The van der Waals surface area contributed by atoms with Crippen LogP contribution in [0.25, 0.3) is 0 Å². The third kappa shape index (κ3) is 3.19. The summed E-state index contributed by atoms with van der Waals surface area (Å²) in [6.45, 7) is 7.61. The van der Waals surface area contributed by atoms with Gasteiger partial charge >= 0.3 is 5.97 Å². The van der Waals surface area contributed by atoms with Crippen molar-refractivity contribution >= 4 is 5.97 Å². The van der Waals surface area contributed by atoms with Gasteiger partial charge in [-0.2, -0.15) is 0 Å². The molecule has 1 saturated heterocycles. The predicted molar refractivity (Wildman–Crippen MR) is 81.7 cm³/mol. The molecule has 1 N–H and O–H groups in total. The van der Waals surface area contributed by atoms with Gasteiger partial charge in [-0.05, 0) is 38.6 Å². The van der Waals surface area contributed by atoms with Crippen LogP contribution in [-0.4, -0.2) is 60.7 Å². The van der Waals surface area contributed by atoms with Crippen molar-refractivity contribution in [1.82, 2.24) is 9.80 Å². The number of aliphatic carboxylic acids is 1. The average Bonchev–Trinajstić information content (AvgIpc) is 2.48. The lowest BCUT2D eigenvalue weighted by molar-refractivity contribution is -0.152. The quantitative estimate of drug-likeness (QED) is 0.894. The summed E-state index contributed by atoms with van der Waals surface area (Å²) in [7, 11) is 2.06. The van der Waals surface area contributed by atoms with E-state index in [-0.39, 0.29) is 0 Å². The van der Waals surface area contributed by atoms with E-state index in [0.717, 1.165) is 37.5 Å². The Morgan fingerprint density at radius 3 is 2.29 bits per heavy atom. The molecule has 0 aliphatic carbocycles. The van der Waals surface area contributed by atoms with Crippen LogP contribution in [0.5, 0.6) is 5.75 Å². The number of piperazine rings is 1. The lowest BCUT2D eigenvalue weighted by atomic mass is 9.89. The molecule has 5 heteroatoms. The molecular formula is C16H24N2O3. The third-order valence-corrected chi connectivity index (χ3v) is 4.28. The highest BCUT2D eigenvalue weighted by Gasteiger charge is 2.42. The fourth-order valence-electron chi connectivity index (χ4n) is 2.74. The van der Waals surface area contributed by atoms with Crippen molar-refractivity contribution in [3.05, 3.63) is 29.8 Å². The van der Waals surface area contributed by atoms with Crippen molar-refractivity contribution in [1.29, 1.82) is 0 Å². The summed E-state index contributed by atoms with van der Waals surface area (Å²) in [4.78, 5) is 16.2. The Kier molecular flexibility index (Phi) is 4.85. The van der Waals surface area contributed by atoms with Gasteiger partial charge in [0.1, 0.15) is 11.3 Å². The Bertz CT molecular complexity index is 481. The van der Waals surface area contributed by atoms with E-state index in [4.69, 9.17) is 4.74 Å². The van der Waals surface area contributed by atoms with Crippen LogP contribution in [0.2, 0.25) is 0 Å². The highest BCUT2D eigenvalue weighted by atomic mass is 16.5. The summed E-state index contributed by atoms with van der Waals surface area (Å²) >= 11 is 0. The Hall–Kier alpha value is -1.59. The van der Waals surface area contributed by atoms with Crippen molar-refractivity contribution in [2.45, 2.75) is 19.4 Å². The molecule has 1 heterocycles. The van der Waals surface area contributed by atoms with Crippen molar-refractivity contribution in [2.75, 3.05) is 39.8 Å². The molecule has 2 rings (SSSR count). The molecule has 0 aromatic heterocycles. The number of ether oxygens (including phenoxy) is 1. The van der Waals surface area contributed by atoms with Crippen molar-refractivity contribution in [3.63, 3.8) is 0 Å². The maximum atomic E-state index is 11.9. The van der Waals surface area contributed by atoms with E-state index >= 15 is 0 Å². The van der Waals surface area contributed by atoms with Crippen molar-refractivity contribution in [3.8, 4) is 5.75 Å². The predicted octanol–water partition coefficient (Wildman–Crippen LogP) is 1.63. The Labute approximate surface area is 126 Å². The van der Waals surface area contributed by atoms with Gasteiger partial charge in [0.25, 0.3) is 0 Å². The molecule has 0 amide bonds. The molecule has 1 aliphatic rings. The standard InChI is InChI=1S/C16H24N2O3/c1-4-21-14-7-5-13(6-8-14)16(2,15(19)20)18-11-9-17(3)10-12-18/h5-8H,4,9-12H2,1-3H3,(H,19,20). The van der Waals surface area contributed by atoms with E-state index < -0.39 is 11.5 Å². The van der Waals surface area contributed by atoms with Gasteiger partial charge in [0.2, 0.25) is 0 Å². The van der Waals surface area contributed by atoms with E-state index in [1.807, 2.05) is 36.1 Å². The van der Waals surface area contributed by atoms with Gasteiger partial charge < -0.3 is 14.7 Å². The lowest BCUT2D eigenvalue weighted by Crippen LogP contribution is -2.56. The number of carboxylic acids is 1. The van der Waals surface area contributed by atoms with Gasteiger partial charge in [-0.15, -0.1) is 0 Å².